The van der Waals surface area contributed by atoms with Crippen LogP contribution in [0.5, 0.6) is 11.5 Å². The predicted octanol–water partition coefficient (Wildman–Crippen LogP) is 3.84. The standard InChI is InChI=1S/C20H15ClN4O4S/c21-12-3-6-17(23-9-12)25-19(27)14-2-1-7-22-20(14)30-10-18(26)24-13-4-5-15-16(8-13)29-11-28-15/h1-9H,10-11H2,(H,24,26)(H,23,25,27). The Balaban J connectivity index is 1.38. The van der Waals surface area contributed by atoms with Crippen molar-refractivity contribution in [2.24, 2.45) is 0 Å². The van der Waals surface area contributed by atoms with Crippen molar-refractivity contribution in [2.75, 3.05) is 23.2 Å². The average molecular weight is 443 g/mol. The molecule has 0 saturated carbocycles. The SMILES string of the molecule is O=C(CSc1ncccc1C(=O)Nc1ccc(Cl)cn1)Nc1ccc2c(c1)OCO2. The van der Waals surface area contributed by atoms with Crippen molar-refractivity contribution < 1.29 is 19.1 Å². The molecule has 1 aliphatic heterocycles. The number of pyridine rings is 2. The van der Waals surface area contributed by atoms with E-state index in [1.54, 1.807) is 48.7 Å². The molecule has 152 valence electrons. The molecule has 2 amide bonds. The van der Waals surface area contributed by atoms with Crippen LogP contribution in [-0.2, 0) is 4.79 Å². The minimum Gasteiger partial charge on any atom is -0.454 e. The van der Waals surface area contributed by atoms with Crippen LogP contribution < -0.4 is 20.1 Å². The van der Waals surface area contributed by atoms with Gasteiger partial charge in [0, 0.05) is 24.1 Å². The molecule has 0 unspecified atom stereocenters. The van der Waals surface area contributed by atoms with Gasteiger partial charge < -0.3 is 20.1 Å². The van der Waals surface area contributed by atoms with Crippen molar-refractivity contribution in [3.05, 3.63) is 65.4 Å². The molecule has 4 rings (SSSR count). The first-order valence-corrected chi connectivity index (χ1v) is 10.1. The zero-order valence-electron chi connectivity index (χ0n) is 15.4. The molecule has 3 aromatic rings. The second-order valence-corrected chi connectivity index (χ2v) is 7.48. The number of nitrogens with one attached hydrogen (secondary N) is 2. The number of halogens is 1. The van der Waals surface area contributed by atoms with E-state index in [1.165, 1.54) is 6.20 Å². The molecule has 8 nitrogen and oxygen atoms in total. The third-order valence-electron chi connectivity index (χ3n) is 3.98. The number of hydrogen-bond donors (Lipinski definition) is 2. The first-order chi connectivity index (χ1) is 14.6. The van der Waals surface area contributed by atoms with E-state index >= 15 is 0 Å². The van der Waals surface area contributed by atoms with Crippen LogP contribution in [0.2, 0.25) is 5.02 Å². The number of nitrogens with zero attached hydrogens (tertiary/aromatic N) is 2. The summed E-state index contributed by atoms with van der Waals surface area (Å²) < 4.78 is 10.6. The molecule has 0 radical (unpaired) electrons. The minimum absolute atomic E-state index is 0.0743. The number of ether oxygens (including phenoxy) is 2. The highest BCUT2D eigenvalue weighted by atomic mass is 35.5. The number of carbonyl (C=O) groups excluding carboxylic acids is 2. The fourth-order valence-electron chi connectivity index (χ4n) is 2.62. The third-order valence-corrected chi connectivity index (χ3v) is 5.21. The Bertz CT molecular complexity index is 1090. The van der Waals surface area contributed by atoms with Crippen LogP contribution in [0.3, 0.4) is 0 Å². The maximum Gasteiger partial charge on any atom is 0.259 e. The van der Waals surface area contributed by atoms with E-state index in [9.17, 15) is 9.59 Å². The maximum absolute atomic E-state index is 12.6. The number of carbonyl (C=O) groups is 2. The summed E-state index contributed by atoms with van der Waals surface area (Å²) in [6, 6.07) is 11.7. The van der Waals surface area contributed by atoms with Crippen LogP contribution in [0.25, 0.3) is 0 Å². The lowest BCUT2D eigenvalue weighted by Gasteiger charge is -2.09. The van der Waals surface area contributed by atoms with E-state index in [-0.39, 0.29) is 24.4 Å². The van der Waals surface area contributed by atoms with Crippen LogP contribution in [0.1, 0.15) is 10.4 Å². The summed E-state index contributed by atoms with van der Waals surface area (Å²) in [7, 11) is 0. The highest BCUT2D eigenvalue weighted by Gasteiger charge is 2.17. The van der Waals surface area contributed by atoms with Gasteiger partial charge in [0.2, 0.25) is 12.7 Å². The molecule has 2 aromatic heterocycles. The number of anilines is 2. The van der Waals surface area contributed by atoms with Gasteiger partial charge in [-0.25, -0.2) is 9.97 Å². The lowest BCUT2D eigenvalue weighted by molar-refractivity contribution is -0.113. The van der Waals surface area contributed by atoms with Crippen molar-refractivity contribution in [3.63, 3.8) is 0 Å². The lowest BCUT2D eigenvalue weighted by Crippen LogP contribution is -2.16. The van der Waals surface area contributed by atoms with Crippen LogP contribution in [0, 0.1) is 0 Å². The fraction of sp³-hybridized carbons (Fsp3) is 0.100. The molecule has 0 saturated heterocycles. The van der Waals surface area contributed by atoms with E-state index in [4.69, 9.17) is 21.1 Å². The van der Waals surface area contributed by atoms with Crippen LogP contribution in [0.15, 0.2) is 59.9 Å². The first-order valence-electron chi connectivity index (χ1n) is 8.79. The van der Waals surface area contributed by atoms with Crippen molar-refractivity contribution >= 4 is 46.7 Å². The first kappa shape index (κ1) is 20.0. The summed E-state index contributed by atoms with van der Waals surface area (Å²) in [4.78, 5) is 33.2. The van der Waals surface area contributed by atoms with E-state index in [0.717, 1.165) is 11.8 Å². The molecule has 30 heavy (non-hydrogen) atoms. The van der Waals surface area contributed by atoms with Crippen LogP contribution >= 0.6 is 23.4 Å². The molecule has 0 spiro atoms. The normalized spacial score (nSPS) is 11.8. The predicted molar refractivity (Wildman–Crippen MR) is 113 cm³/mol. The minimum atomic E-state index is -0.378. The van der Waals surface area contributed by atoms with Crippen molar-refractivity contribution in [2.45, 2.75) is 5.03 Å². The summed E-state index contributed by atoms with van der Waals surface area (Å²) in [5.74, 6) is 1.04. The molecule has 0 aliphatic carbocycles. The van der Waals surface area contributed by atoms with Crippen LogP contribution in [-0.4, -0.2) is 34.3 Å². The van der Waals surface area contributed by atoms with Gasteiger partial charge >= 0.3 is 0 Å². The van der Waals surface area contributed by atoms with Gasteiger partial charge in [-0.3, -0.25) is 9.59 Å². The quantitative estimate of drug-likeness (QED) is 0.559. The highest BCUT2D eigenvalue weighted by Crippen LogP contribution is 2.34. The Labute approximate surface area is 181 Å². The van der Waals surface area contributed by atoms with Gasteiger partial charge in [0.25, 0.3) is 5.91 Å². The monoisotopic (exact) mass is 442 g/mol. The largest absolute Gasteiger partial charge is 0.454 e. The molecule has 0 fully saturated rings. The zero-order valence-corrected chi connectivity index (χ0v) is 17.0. The van der Waals surface area contributed by atoms with Gasteiger partial charge in [-0.05, 0) is 36.4 Å². The molecular formula is C20H15ClN4O4S. The summed E-state index contributed by atoms with van der Waals surface area (Å²) in [6.07, 6.45) is 3.01. The number of aromatic nitrogens is 2. The number of amides is 2. The Morgan fingerprint density at radius 1 is 1.07 bits per heavy atom. The van der Waals surface area contributed by atoms with Gasteiger partial charge in [-0.15, -0.1) is 0 Å². The maximum atomic E-state index is 12.6. The van der Waals surface area contributed by atoms with E-state index in [2.05, 4.69) is 20.6 Å². The van der Waals surface area contributed by atoms with Gasteiger partial charge in [0.1, 0.15) is 10.8 Å². The summed E-state index contributed by atoms with van der Waals surface area (Å²) >= 11 is 6.97. The fourth-order valence-corrected chi connectivity index (χ4v) is 3.52. The second kappa shape index (κ2) is 9.02. The van der Waals surface area contributed by atoms with Crippen molar-refractivity contribution in [3.8, 4) is 11.5 Å². The Morgan fingerprint density at radius 2 is 1.93 bits per heavy atom. The van der Waals surface area contributed by atoms with E-state index in [0.29, 0.717) is 38.6 Å². The molecule has 3 heterocycles. The summed E-state index contributed by atoms with van der Waals surface area (Å²) in [5.41, 5.74) is 0.938. The number of hydrogen-bond acceptors (Lipinski definition) is 7. The third kappa shape index (κ3) is 4.81. The topological polar surface area (TPSA) is 102 Å². The number of benzene rings is 1. The summed E-state index contributed by atoms with van der Waals surface area (Å²) in [5, 5.41) is 6.38. The molecule has 1 aliphatic rings. The molecule has 10 heteroatoms. The number of thioether (sulfide) groups is 1. The highest BCUT2D eigenvalue weighted by molar-refractivity contribution is 8.00. The summed E-state index contributed by atoms with van der Waals surface area (Å²) in [6.45, 7) is 0.165. The van der Waals surface area contributed by atoms with E-state index < -0.39 is 0 Å². The molecule has 1 aromatic carbocycles. The molecule has 0 atom stereocenters. The van der Waals surface area contributed by atoms with E-state index in [1.807, 2.05) is 0 Å². The van der Waals surface area contributed by atoms with Gasteiger partial charge in [0.15, 0.2) is 11.5 Å². The lowest BCUT2D eigenvalue weighted by atomic mass is 10.2. The number of rotatable bonds is 6. The molecular weight excluding hydrogens is 428 g/mol. The van der Waals surface area contributed by atoms with Crippen LogP contribution in [0.4, 0.5) is 11.5 Å². The number of fused-ring (bicyclic) bond motifs is 1. The Morgan fingerprint density at radius 3 is 2.77 bits per heavy atom. The van der Waals surface area contributed by atoms with Gasteiger partial charge in [-0.2, -0.15) is 0 Å². The molecule has 2 N–H and O–H groups in total. The average Bonchev–Trinajstić information content (AvgIpc) is 3.22. The zero-order chi connectivity index (χ0) is 20.9. The van der Waals surface area contributed by atoms with Gasteiger partial charge in [-0.1, -0.05) is 23.4 Å². The Kier molecular flexibility index (Phi) is 6.01. The Hall–Kier alpha value is -3.30. The van der Waals surface area contributed by atoms with Gasteiger partial charge in [0.05, 0.1) is 16.3 Å². The van der Waals surface area contributed by atoms with Crippen molar-refractivity contribution in [1.82, 2.24) is 9.97 Å². The smallest absolute Gasteiger partial charge is 0.259 e. The van der Waals surface area contributed by atoms with Crippen molar-refractivity contribution in [1.29, 1.82) is 0 Å². The molecule has 0 bridgehead atoms. The second-order valence-electron chi connectivity index (χ2n) is 6.08.